The van der Waals surface area contributed by atoms with Crippen LogP contribution in [0.4, 0.5) is 0 Å². The third-order valence-electron chi connectivity index (χ3n) is 5.07. The van der Waals surface area contributed by atoms with Crippen molar-refractivity contribution in [2.75, 3.05) is 0 Å². The van der Waals surface area contributed by atoms with E-state index in [1.54, 1.807) is 0 Å². The van der Waals surface area contributed by atoms with Gasteiger partial charge in [0.1, 0.15) is 0 Å². The summed E-state index contributed by atoms with van der Waals surface area (Å²) in [5.74, 6) is 0. The molecule has 3 rings (SSSR count). The van der Waals surface area contributed by atoms with Crippen LogP contribution in [0.15, 0.2) is 66.8 Å². The fourth-order valence-electron chi connectivity index (χ4n) is 3.04. The molecular formula is C22H25N. The van der Waals surface area contributed by atoms with Crippen LogP contribution in [0.3, 0.4) is 0 Å². The maximum absolute atomic E-state index is 4.32. The molecule has 1 nitrogen and oxygen atoms in total. The third kappa shape index (κ3) is 2.61. The van der Waals surface area contributed by atoms with E-state index < -0.39 is 0 Å². The second kappa shape index (κ2) is 5.73. The minimum absolute atomic E-state index is 0.125. The fourth-order valence-corrected chi connectivity index (χ4v) is 3.04. The van der Waals surface area contributed by atoms with Gasteiger partial charge in [0, 0.05) is 16.5 Å². The van der Waals surface area contributed by atoms with E-state index in [-0.39, 0.29) is 5.41 Å². The number of hydrogen-bond donors (Lipinski definition) is 0. The first kappa shape index (κ1) is 15.6. The lowest BCUT2D eigenvalue weighted by Gasteiger charge is -2.24. The third-order valence-corrected chi connectivity index (χ3v) is 5.07. The summed E-state index contributed by atoms with van der Waals surface area (Å²) < 4.78 is 2.35. The maximum atomic E-state index is 4.32. The molecule has 0 aliphatic carbocycles. The summed E-state index contributed by atoms with van der Waals surface area (Å²) in [6.07, 6.45) is 3.32. The number of hydrogen-bond acceptors (Lipinski definition) is 0. The lowest BCUT2D eigenvalue weighted by atomic mass is 9.82. The second-order valence-corrected chi connectivity index (χ2v) is 6.92. The van der Waals surface area contributed by atoms with Gasteiger partial charge in [-0.25, -0.2) is 0 Å². The molecule has 1 heteroatoms. The second-order valence-electron chi connectivity index (χ2n) is 6.92. The zero-order chi connectivity index (χ0) is 16.6. The summed E-state index contributed by atoms with van der Waals surface area (Å²) in [5.41, 5.74) is 5.03. The number of allylic oxidation sites excluding steroid dienone is 3. The van der Waals surface area contributed by atoms with Crippen molar-refractivity contribution in [3.63, 3.8) is 0 Å². The Balaban J connectivity index is 2.24. The molecule has 1 heterocycles. The molecule has 0 saturated carbocycles. The minimum Gasteiger partial charge on any atom is -0.313 e. The molecule has 0 bridgehead atoms. The Bertz CT molecular complexity index is 853. The summed E-state index contributed by atoms with van der Waals surface area (Å²) in [5, 5.41) is 2.60. The van der Waals surface area contributed by atoms with E-state index in [1.807, 2.05) is 0 Å². The van der Waals surface area contributed by atoms with Gasteiger partial charge in [0.2, 0.25) is 0 Å². The van der Waals surface area contributed by atoms with E-state index in [0.29, 0.717) is 0 Å². The monoisotopic (exact) mass is 303 g/mol. The summed E-state index contributed by atoms with van der Waals surface area (Å²) in [7, 11) is 0. The molecule has 0 atom stereocenters. The minimum atomic E-state index is 0.125. The highest BCUT2D eigenvalue weighted by Crippen LogP contribution is 2.34. The Morgan fingerprint density at radius 2 is 1.48 bits per heavy atom. The van der Waals surface area contributed by atoms with Crippen LogP contribution in [-0.4, -0.2) is 4.57 Å². The molecular weight excluding hydrogens is 278 g/mol. The van der Waals surface area contributed by atoms with Crippen LogP contribution in [-0.2, 0) is 0 Å². The summed E-state index contributed by atoms with van der Waals surface area (Å²) in [6, 6.07) is 17.2. The topological polar surface area (TPSA) is 4.93 Å². The van der Waals surface area contributed by atoms with Gasteiger partial charge >= 0.3 is 0 Å². The Labute approximate surface area is 138 Å². The quantitative estimate of drug-likeness (QED) is 0.476. The number of para-hydroxylation sites is 2. The average Bonchev–Trinajstić information content (AvgIpc) is 2.89. The van der Waals surface area contributed by atoms with Gasteiger partial charge in [-0.05, 0) is 42.5 Å². The molecule has 3 aromatic rings. The molecule has 0 amide bonds. The number of aromatic nitrogens is 1. The first-order chi connectivity index (χ1) is 11.0. The Morgan fingerprint density at radius 3 is 1.96 bits per heavy atom. The van der Waals surface area contributed by atoms with Crippen LogP contribution in [0, 0.1) is 5.41 Å². The molecule has 0 unspecified atom stereocenters. The van der Waals surface area contributed by atoms with Gasteiger partial charge in [0.05, 0.1) is 11.0 Å². The highest BCUT2D eigenvalue weighted by molar-refractivity contribution is 6.09. The maximum Gasteiger partial charge on any atom is 0.0537 e. The fraction of sp³-hybridized carbons (Fsp3) is 0.273. The molecule has 0 radical (unpaired) electrons. The molecule has 23 heavy (non-hydrogen) atoms. The Hall–Kier alpha value is -2.28. The van der Waals surface area contributed by atoms with Crippen LogP contribution in [0.5, 0.6) is 0 Å². The summed E-state index contributed by atoms with van der Waals surface area (Å²) >= 11 is 0. The number of nitrogens with zero attached hydrogens (tertiary/aromatic N) is 1. The van der Waals surface area contributed by atoms with E-state index >= 15 is 0 Å². The van der Waals surface area contributed by atoms with Crippen molar-refractivity contribution in [1.82, 2.24) is 4.57 Å². The van der Waals surface area contributed by atoms with Gasteiger partial charge in [-0.15, -0.1) is 0 Å². The van der Waals surface area contributed by atoms with Crippen LogP contribution >= 0.6 is 0 Å². The molecule has 0 N–H and O–H groups in total. The van der Waals surface area contributed by atoms with Gasteiger partial charge in [-0.2, -0.15) is 0 Å². The van der Waals surface area contributed by atoms with Crippen molar-refractivity contribution < 1.29 is 0 Å². The molecule has 1 aromatic heterocycles. The van der Waals surface area contributed by atoms with E-state index in [1.165, 1.54) is 33.1 Å². The Kier molecular flexibility index (Phi) is 3.89. The smallest absolute Gasteiger partial charge is 0.0537 e. The van der Waals surface area contributed by atoms with Crippen molar-refractivity contribution in [2.45, 2.75) is 34.1 Å². The number of fused-ring (bicyclic) bond motifs is 3. The number of benzene rings is 2. The largest absolute Gasteiger partial charge is 0.313 e. The standard InChI is InChI=1S/C22H25N/c1-6-22(4,5)16(2)15-17(3)23-20-13-9-7-11-18(20)19-12-8-10-14-21(19)23/h7-15H,2,6H2,1,3-5H3/b17-15+. The van der Waals surface area contributed by atoms with Gasteiger partial charge < -0.3 is 4.57 Å². The van der Waals surface area contributed by atoms with Crippen LogP contribution < -0.4 is 0 Å². The van der Waals surface area contributed by atoms with Crippen molar-refractivity contribution >= 4 is 27.5 Å². The van der Waals surface area contributed by atoms with Gasteiger partial charge in [0.15, 0.2) is 0 Å². The lowest BCUT2D eigenvalue weighted by molar-refractivity contribution is 0.441. The van der Waals surface area contributed by atoms with E-state index in [2.05, 4.69) is 93.4 Å². The van der Waals surface area contributed by atoms with Gasteiger partial charge in [-0.1, -0.05) is 63.7 Å². The van der Waals surface area contributed by atoms with Crippen molar-refractivity contribution in [3.8, 4) is 0 Å². The molecule has 0 aliphatic rings. The van der Waals surface area contributed by atoms with Crippen LogP contribution in [0.2, 0.25) is 0 Å². The normalized spacial score (nSPS) is 13.0. The summed E-state index contributed by atoms with van der Waals surface area (Å²) in [6.45, 7) is 13.2. The first-order valence-electron chi connectivity index (χ1n) is 8.32. The molecule has 0 spiro atoms. The SMILES string of the molecule is C=C(/C=C(\C)n1c2ccccc2c2ccccc21)C(C)(C)CC. The van der Waals surface area contributed by atoms with Gasteiger partial charge in [-0.3, -0.25) is 0 Å². The predicted octanol–water partition coefficient (Wildman–Crippen LogP) is 6.65. The van der Waals surface area contributed by atoms with E-state index in [0.717, 1.165) is 6.42 Å². The lowest BCUT2D eigenvalue weighted by Crippen LogP contribution is -2.11. The first-order valence-corrected chi connectivity index (χ1v) is 8.32. The zero-order valence-corrected chi connectivity index (χ0v) is 14.6. The molecule has 0 aliphatic heterocycles. The highest BCUT2D eigenvalue weighted by Gasteiger charge is 2.18. The number of rotatable bonds is 4. The molecule has 0 fully saturated rings. The summed E-state index contributed by atoms with van der Waals surface area (Å²) in [4.78, 5) is 0. The zero-order valence-electron chi connectivity index (χ0n) is 14.6. The predicted molar refractivity (Wildman–Crippen MR) is 103 cm³/mol. The van der Waals surface area contributed by atoms with Crippen LogP contribution in [0.1, 0.15) is 34.1 Å². The van der Waals surface area contributed by atoms with Crippen LogP contribution in [0.25, 0.3) is 27.5 Å². The molecule has 0 saturated heterocycles. The van der Waals surface area contributed by atoms with Crippen molar-refractivity contribution in [2.24, 2.45) is 5.41 Å². The molecule has 118 valence electrons. The highest BCUT2D eigenvalue weighted by atomic mass is 15.0. The average molecular weight is 303 g/mol. The van der Waals surface area contributed by atoms with Crippen molar-refractivity contribution in [1.29, 1.82) is 0 Å². The van der Waals surface area contributed by atoms with Gasteiger partial charge in [0.25, 0.3) is 0 Å². The molecule has 2 aromatic carbocycles. The Morgan fingerprint density at radius 1 is 1.00 bits per heavy atom. The van der Waals surface area contributed by atoms with E-state index in [4.69, 9.17) is 0 Å². The van der Waals surface area contributed by atoms with E-state index in [9.17, 15) is 0 Å². The van der Waals surface area contributed by atoms with Crippen molar-refractivity contribution in [3.05, 3.63) is 66.8 Å².